The highest BCUT2D eigenvalue weighted by Gasteiger charge is 2.42. The maximum atomic E-state index is 15.3. The molecule has 2 heterocycles. The van der Waals surface area contributed by atoms with E-state index in [1.807, 2.05) is 0 Å². The van der Waals surface area contributed by atoms with E-state index in [2.05, 4.69) is 4.98 Å². The second kappa shape index (κ2) is 8.41. The van der Waals surface area contributed by atoms with Crippen molar-refractivity contribution in [2.45, 2.75) is 45.2 Å². The zero-order chi connectivity index (χ0) is 24.1. The largest absolute Gasteiger partial charge is 0.357 e. The number of allylic oxidation sites excluding steroid dienone is 1. The molecule has 1 aromatic heterocycles. The average Bonchev–Trinajstić information content (AvgIpc) is 3.04. The fourth-order valence-electron chi connectivity index (χ4n) is 4.58. The number of nitrogens with one attached hydrogen (secondary N) is 1. The van der Waals surface area contributed by atoms with Gasteiger partial charge >= 0.3 is 0 Å². The van der Waals surface area contributed by atoms with Gasteiger partial charge in [0.2, 0.25) is 0 Å². The van der Waals surface area contributed by atoms with E-state index in [1.165, 1.54) is 42.2 Å². The lowest BCUT2D eigenvalue weighted by molar-refractivity contribution is -0.112. The smallest absolute Gasteiger partial charge is 0.257 e. The van der Waals surface area contributed by atoms with Crippen LogP contribution in [0.3, 0.4) is 0 Å². The van der Waals surface area contributed by atoms with Crippen LogP contribution in [0.15, 0.2) is 36.4 Å². The van der Waals surface area contributed by atoms with Gasteiger partial charge in [0.15, 0.2) is 5.78 Å². The van der Waals surface area contributed by atoms with Crippen LogP contribution in [0, 0.1) is 17.5 Å². The van der Waals surface area contributed by atoms with Crippen molar-refractivity contribution in [2.75, 3.05) is 6.54 Å². The number of hydrogen-bond acceptors (Lipinski definition) is 2. The fraction of sp³-hybridized carbons (Fsp3) is 0.320. The number of benzene rings is 2. The Kier molecular flexibility index (Phi) is 5.90. The number of ketones is 1. The van der Waals surface area contributed by atoms with Crippen LogP contribution in [0.4, 0.5) is 22.0 Å². The third-order valence-electron chi connectivity index (χ3n) is 5.92. The van der Waals surface area contributed by atoms with Crippen LogP contribution in [-0.2, 0) is 11.2 Å². The number of nitrogens with zero attached hydrogens (tertiary/aromatic N) is 1. The summed E-state index contributed by atoms with van der Waals surface area (Å²) in [6.07, 6.45) is 2.79. The summed E-state index contributed by atoms with van der Waals surface area (Å²) < 4.78 is 72.8. The predicted octanol–water partition coefficient (Wildman–Crippen LogP) is 6.18. The molecular weight excluding hydrogens is 439 g/mol. The van der Waals surface area contributed by atoms with Crippen molar-refractivity contribution in [1.29, 1.82) is 0 Å². The van der Waals surface area contributed by atoms with E-state index in [-0.39, 0.29) is 16.9 Å². The lowest BCUT2D eigenvalue weighted by atomic mass is 9.87. The van der Waals surface area contributed by atoms with Gasteiger partial charge in [0.25, 0.3) is 5.92 Å². The third-order valence-corrected chi connectivity index (χ3v) is 5.92. The molecule has 2 unspecified atom stereocenters. The quantitative estimate of drug-likeness (QED) is 0.363. The molecule has 0 radical (unpaired) electrons. The predicted molar refractivity (Wildman–Crippen MR) is 117 cm³/mol. The Hall–Kier alpha value is -3.00. The van der Waals surface area contributed by atoms with E-state index in [0.717, 1.165) is 19.1 Å². The molecule has 174 valence electrons. The van der Waals surface area contributed by atoms with Gasteiger partial charge in [-0.3, -0.25) is 9.69 Å². The number of hydrogen-bond donors (Lipinski definition) is 1. The first-order valence-electron chi connectivity index (χ1n) is 10.6. The molecule has 1 aliphatic heterocycles. The minimum absolute atomic E-state index is 0.138. The topological polar surface area (TPSA) is 36.1 Å². The summed E-state index contributed by atoms with van der Waals surface area (Å²) in [4.78, 5) is 15.6. The highest BCUT2D eigenvalue weighted by atomic mass is 19.3. The Balaban J connectivity index is 1.93. The summed E-state index contributed by atoms with van der Waals surface area (Å²) in [5.41, 5.74) is 1.34. The van der Waals surface area contributed by atoms with E-state index >= 15 is 8.78 Å². The minimum atomic E-state index is -3.11. The summed E-state index contributed by atoms with van der Waals surface area (Å²) in [5, 5.41) is 0.562. The first-order valence-corrected chi connectivity index (χ1v) is 10.6. The first-order chi connectivity index (χ1) is 15.4. The van der Waals surface area contributed by atoms with Crippen LogP contribution in [0.5, 0.6) is 0 Å². The van der Waals surface area contributed by atoms with Crippen LogP contribution in [0.25, 0.3) is 17.0 Å². The molecule has 1 aliphatic rings. The normalized spacial score (nSPS) is 19.4. The summed E-state index contributed by atoms with van der Waals surface area (Å²) in [6.45, 7) is 3.06. The summed E-state index contributed by atoms with van der Waals surface area (Å²) in [5.74, 6) is -5.70. The standard InChI is InChI=1S/C25H23F5N2O/c1-13-8-18-17-11-16(26)6-7-21(17)31-23(18)24(32(13)12-25(3,29)30)22-19(27)9-15(10-20(22)28)5-4-14(2)33/h4-7,9-11,13,24,31H,8,12H2,1-3H3/b5-4+. The highest BCUT2D eigenvalue weighted by Crippen LogP contribution is 2.43. The molecule has 33 heavy (non-hydrogen) atoms. The van der Waals surface area contributed by atoms with Crippen molar-refractivity contribution in [1.82, 2.24) is 9.88 Å². The SMILES string of the molecule is CC(=O)/C=C/c1cc(F)c(C2c3[nH]c4ccc(F)cc4c3CC(C)N2CC(C)(F)F)c(F)c1. The molecule has 1 N–H and O–H groups in total. The zero-order valence-electron chi connectivity index (χ0n) is 18.4. The zero-order valence-corrected chi connectivity index (χ0v) is 18.4. The molecule has 0 aliphatic carbocycles. The molecule has 3 aromatic rings. The van der Waals surface area contributed by atoms with Crippen molar-refractivity contribution in [2.24, 2.45) is 0 Å². The van der Waals surface area contributed by atoms with Crippen molar-refractivity contribution in [3.63, 3.8) is 0 Å². The molecular formula is C25H23F5N2O. The van der Waals surface area contributed by atoms with Gasteiger partial charge in [0.05, 0.1) is 12.6 Å². The van der Waals surface area contributed by atoms with Gasteiger partial charge in [-0.25, -0.2) is 22.0 Å². The molecule has 0 saturated carbocycles. The number of rotatable bonds is 5. The Morgan fingerprint density at radius 1 is 1.18 bits per heavy atom. The number of aromatic nitrogens is 1. The Labute approximate surface area is 187 Å². The molecule has 0 spiro atoms. The maximum absolute atomic E-state index is 15.3. The fourth-order valence-corrected chi connectivity index (χ4v) is 4.58. The van der Waals surface area contributed by atoms with Crippen LogP contribution in [-0.4, -0.2) is 34.2 Å². The lowest BCUT2D eigenvalue weighted by Crippen LogP contribution is -2.47. The van der Waals surface area contributed by atoms with E-state index < -0.39 is 42.0 Å². The van der Waals surface area contributed by atoms with E-state index in [9.17, 15) is 18.0 Å². The minimum Gasteiger partial charge on any atom is -0.357 e. The molecule has 0 amide bonds. The van der Waals surface area contributed by atoms with Crippen molar-refractivity contribution in [3.05, 3.63) is 76.2 Å². The number of halogens is 5. The van der Waals surface area contributed by atoms with Crippen molar-refractivity contribution in [3.8, 4) is 0 Å². The van der Waals surface area contributed by atoms with Crippen LogP contribution in [0.2, 0.25) is 0 Å². The molecule has 2 atom stereocenters. The number of carbonyl (C=O) groups excluding carboxylic acids is 1. The van der Waals surface area contributed by atoms with Crippen LogP contribution < -0.4 is 0 Å². The monoisotopic (exact) mass is 462 g/mol. The average molecular weight is 462 g/mol. The number of aromatic amines is 1. The van der Waals surface area contributed by atoms with Crippen LogP contribution >= 0.6 is 0 Å². The van der Waals surface area contributed by atoms with Gasteiger partial charge in [0.1, 0.15) is 17.5 Å². The van der Waals surface area contributed by atoms with Crippen LogP contribution in [0.1, 0.15) is 49.2 Å². The van der Waals surface area contributed by atoms with E-state index in [4.69, 9.17) is 0 Å². The molecule has 2 aromatic carbocycles. The van der Waals surface area contributed by atoms with E-state index in [1.54, 1.807) is 6.92 Å². The van der Waals surface area contributed by atoms with Gasteiger partial charge in [-0.15, -0.1) is 0 Å². The summed E-state index contributed by atoms with van der Waals surface area (Å²) >= 11 is 0. The lowest BCUT2D eigenvalue weighted by Gasteiger charge is -2.42. The number of H-pyrrole nitrogens is 1. The number of fused-ring (bicyclic) bond motifs is 3. The summed E-state index contributed by atoms with van der Waals surface area (Å²) in [6, 6.07) is 4.59. The number of alkyl halides is 2. The maximum Gasteiger partial charge on any atom is 0.257 e. The molecule has 0 fully saturated rings. The van der Waals surface area contributed by atoms with Crippen molar-refractivity contribution < 1.29 is 26.7 Å². The summed E-state index contributed by atoms with van der Waals surface area (Å²) in [7, 11) is 0. The van der Waals surface area contributed by atoms with Gasteiger partial charge in [0, 0.05) is 35.1 Å². The van der Waals surface area contributed by atoms with Gasteiger partial charge in [-0.1, -0.05) is 6.08 Å². The Bertz CT molecular complexity index is 1230. The molecule has 8 heteroatoms. The van der Waals surface area contributed by atoms with E-state index in [0.29, 0.717) is 28.6 Å². The Morgan fingerprint density at radius 2 is 1.85 bits per heavy atom. The highest BCUT2D eigenvalue weighted by molar-refractivity contribution is 5.91. The van der Waals surface area contributed by atoms with Crippen molar-refractivity contribution >= 4 is 22.8 Å². The molecule has 3 nitrogen and oxygen atoms in total. The van der Waals surface area contributed by atoms with Gasteiger partial charge in [-0.05, 0) is 67.8 Å². The third kappa shape index (κ3) is 4.57. The second-order valence-corrected chi connectivity index (χ2v) is 8.75. The number of carbonyl (C=O) groups is 1. The molecule has 4 rings (SSSR count). The van der Waals surface area contributed by atoms with Gasteiger partial charge < -0.3 is 4.98 Å². The molecule has 0 bridgehead atoms. The van der Waals surface area contributed by atoms with Gasteiger partial charge in [-0.2, -0.15) is 0 Å². The first kappa shape index (κ1) is 23.2. The second-order valence-electron chi connectivity index (χ2n) is 8.75. The Morgan fingerprint density at radius 3 is 2.45 bits per heavy atom. The molecule has 0 saturated heterocycles.